The van der Waals surface area contributed by atoms with Crippen molar-refractivity contribution < 1.29 is 30.4 Å². The van der Waals surface area contributed by atoms with Crippen molar-refractivity contribution in [3.05, 3.63) is 59.1 Å². The monoisotopic (exact) mass is 336 g/mol. The summed E-state index contributed by atoms with van der Waals surface area (Å²) in [6.45, 7) is 0. The third-order valence-electron chi connectivity index (χ3n) is 2.54. The molecule has 0 aromatic heterocycles. The van der Waals surface area contributed by atoms with Crippen LogP contribution in [-0.2, 0) is 6.18 Å². The molecule has 0 aliphatic carbocycles. The molecule has 0 fully saturated rings. The summed E-state index contributed by atoms with van der Waals surface area (Å²) in [6, 6.07) is 11.4. The maximum absolute atomic E-state index is 12.4. The number of nitrogens with zero attached hydrogens (tertiary/aromatic N) is 2. The molecule has 0 saturated carbocycles. The van der Waals surface area contributed by atoms with Crippen LogP contribution in [0.2, 0.25) is 0 Å². The standard InChI is InChI=1S/C13H8F3N2.BF4/c14-13(15,16)10-7-5-9(6-8-10)11-3-1-2-4-12(11)18-17;2-1(3,4)5/h1-8H;/q+1;-1. The molecule has 0 bridgehead atoms. The second-order valence-corrected chi connectivity index (χ2v) is 4.19. The number of benzene rings is 2. The Morgan fingerprint density at radius 1 is 0.826 bits per heavy atom. The average molecular weight is 336 g/mol. The molecule has 2 aromatic rings. The summed E-state index contributed by atoms with van der Waals surface area (Å²) in [5.41, 5.74) is 0.757. The van der Waals surface area contributed by atoms with Crippen LogP contribution in [0.5, 0.6) is 0 Å². The molecular formula is C13H8BF7N2. The highest BCUT2D eigenvalue weighted by molar-refractivity contribution is 6.50. The molecule has 10 heteroatoms. The number of halogens is 7. The summed E-state index contributed by atoms with van der Waals surface area (Å²) in [7, 11) is -6.00. The van der Waals surface area contributed by atoms with Gasteiger partial charge in [0.15, 0.2) is 4.98 Å². The summed E-state index contributed by atoms with van der Waals surface area (Å²) < 4.78 is 76.2. The first-order valence-corrected chi connectivity index (χ1v) is 6.01. The third kappa shape index (κ3) is 6.38. The molecule has 0 radical (unpaired) electrons. The van der Waals surface area contributed by atoms with Gasteiger partial charge >= 0.3 is 19.1 Å². The third-order valence-corrected chi connectivity index (χ3v) is 2.54. The maximum atomic E-state index is 12.4. The van der Waals surface area contributed by atoms with E-state index in [1.54, 1.807) is 24.3 Å². The molecule has 122 valence electrons. The summed E-state index contributed by atoms with van der Waals surface area (Å²) in [5.74, 6) is 0. The molecular weight excluding hydrogens is 328 g/mol. The fraction of sp³-hybridized carbons (Fsp3) is 0.0769. The molecule has 2 aromatic carbocycles. The number of diazo groups is 1. The summed E-state index contributed by atoms with van der Waals surface area (Å²) in [6.07, 6.45) is -4.35. The van der Waals surface area contributed by atoms with Gasteiger partial charge in [-0.15, -0.1) is 0 Å². The highest BCUT2D eigenvalue weighted by Gasteiger charge is 2.30. The zero-order chi connectivity index (χ0) is 17.7. The van der Waals surface area contributed by atoms with Gasteiger partial charge in [-0.3, -0.25) is 0 Å². The Morgan fingerprint density at radius 3 is 1.74 bits per heavy atom. The van der Waals surface area contributed by atoms with Crippen LogP contribution in [0.3, 0.4) is 0 Å². The van der Waals surface area contributed by atoms with Gasteiger partial charge in [0.05, 0.1) is 11.1 Å². The van der Waals surface area contributed by atoms with E-state index in [0.717, 1.165) is 12.1 Å². The largest absolute Gasteiger partial charge is 0.673 e. The van der Waals surface area contributed by atoms with Gasteiger partial charge in [0.25, 0.3) is 0 Å². The second kappa shape index (κ2) is 7.13. The lowest BCUT2D eigenvalue weighted by molar-refractivity contribution is -0.137. The highest BCUT2D eigenvalue weighted by atomic mass is 19.5. The lowest BCUT2D eigenvalue weighted by Gasteiger charge is -2.06. The highest BCUT2D eigenvalue weighted by Crippen LogP contribution is 2.33. The molecule has 0 atom stereocenters. The molecule has 2 rings (SSSR count). The zero-order valence-electron chi connectivity index (χ0n) is 11.2. The van der Waals surface area contributed by atoms with E-state index in [0.29, 0.717) is 16.8 Å². The maximum Gasteiger partial charge on any atom is 0.673 e. The lowest BCUT2D eigenvalue weighted by Crippen LogP contribution is -2.03. The molecule has 0 heterocycles. The van der Waals surface area contributed by atoms with Crippen molar-refractivity contribution in [1.82, 2.24) is 0 Å². The molecule has 0 aliphatic heterocycles. The second-order valence-electron chi connectivity index (χ2n) is 4.19. The summed E-state index contributed by atoms with van der Waals surface area (Å²) in [5, 5.41) is 8.81. The quantitative estimate of drug-likeness (QED) is 0.348. The zero-order valence-corrected chi connectivity index (χ0v) is 11.2. The van der Waals surface area contributed by atoms with Gasteiger partial charge in [-0.1, -0.05) is 24.3 Å². The number of hydrogen-bond donors (Lipinski definition) is 0. The van der Waals surface area contributed by atoms with Gasteiger partial charge in [-0.2, -0.15) is 13.2 Å². The van der Waals surface area contributed by atoms with Crippen molar-refractivity contribution in [1.29, 1.82) is 5.39 Å². The Morgan fingerprint density at radius 2 is 1.30 bits per heavy atom. The fourth-order valence-corrected chi connectivity index (χ4v) is 1.64. The Labute approximate surface area is 126 Å². The number of rotatable bonds is 1. The predicted molar refractivity (Wildman–Crippen MR) is 71.8 cm³/mol. The summed E-state index contributed by atoms with van der Waals surface area (Å²) >= 11 is 0. The van der Waals surface area contributed by atoms with Crippen LogP contribution in [0.25, 0.3) is 16.1 Å². The first-order valence-electron chi connectivity index (χ1n) is 6.01. The first kappa shape index (κ1) is 18.5. The van der Waals surface area contributed by atoms with Crippen LogP contribution in [-0.4, -0.2) is 7.25 Å². The normalized spacial score (nSPS) is 11.2. The minimum absolute atomic E-state index is 0.317. The average Bonchev–Trinajstić information content (AvgIpc) is 2.45. The first-order chi connectivity index (χ1) is 10.5. The predicted octanol–water partition coefficient (Wildman–Crippen LogP) is 6.16. The van der Waals surface area contributed by atoms with Crippen LogP contribution in [0, 0.1) is 5.39 Å². The number of alkyl halides is 3. The van der Waals surface area contributed by atoms with Crippen LogP contribution in [0.4, 0.5) is 36.1 Å². The van der Waals surface area contributed by atoms with E-state index in [1.807, 2.05) is 0 Å². The van der Waals surface area contributed by atoms with Gasteiger partial charge in [0.1, 0.15) is 0 Å². The van der Waals surface area contributed by atoms with E-state index in [-0.39, 0.29) is 0 Å². The van der Waals surface area contributed by atoms with Crippen LogP contribution in [0.15, 0.2) is 48.5 Å². The molecule has 0 unspecified atom stereocenters. The van der Waals surface area contributed by atoms with Gasteiger partial charge < -0.3 is 17.3 Å². The Kier molecular flexibility index (Phi) is 5.73. The van der Waals surface area contributed by atoms with Crippen molar-refractivity contribution in [3.63, 3.8) is 0 Å². The topological polar surface area (TPSA) is 28.1 Å². The summed E-state index contributed by atoms with van der Waals surface area (Å²) in [4.78, 5) is 3.10. The van der Waals surface area contributed by atoms with Crippen LogP contribution < -0.4 is 0 Å². The molecule has 0 aliphatic rings. The molecule has 0 amide bonds. The van der Waals surface area contributed by atoms with Crippen molar-refractivity contribution in [2.45, 2.75) is 6.18 Å². The molecule has 2 nitrogen and oxygen atoms in total. The van der Waals surface area contributed by atoms with Gasteiger partial charge in [0, 0.05) is 6.07 Å². The van der Waals surface area contributed by atoms with E-state index < -0.39 is 19.0 Å². The van der Waals surface area contributed by atoms with E-state index in [9.17, 15) is 30.4 Å². The molecule has 0 spiro atoms. The van der Waals surface area contributed by atoms with Gasteiger partial charge in [0.2, 0.25) is 5.39 Å². The Bertz CT molecular complexity index is 681. The van der Waals surface area contributed by atoms with Gasteiger partial charge in [-0.05, 0) is 23.8 Å². The number of hydrogen-bond acceptors (Lipinski definition) is 1. The fourth-order valence-electron chi connectivity index (χ4n) is 1.64. The Balaban J connectivity index is 0.000000463. The van der Waals surface area contributed by atoms with E-state index in [1.165, 1.54) is 12.1 Å². The Hall–Kier alpha value is -2.57. The SMILES string of the molecule is F[B-](F)(F)F.N#[N+]c1ccccc1-c1ccc(C(F)(F)F)cc1. The van der Waals surface area contributed by atoms with E-state index in [2.05, 4.69) is 4.98 Å². The van der Waals surface area contributed by atoms with Gasteiger partial charge in [-0.25, -0.2) is 0 Å². The molecule has 0 saturated heterocycles. The van der Waals surface area contributed by atoms with Crippen molar-refractivity contribution in [2.75, 3.05) is 0 Å². The van der Waals surface area contributed by atoms with E-state index in [4.69, 9.17) is 5.39 Å². The van der Waals surface area contributed by atoms with Crippen molar-refractivity contribution in [3.8, 4) is 11.1 Å². The lowest BCUT2D eigenvalue weighted by atomic mass is 10.0. The molecule has 23 heavy (non-hydrogen) atoms. The smallest absolute Gasteiger partial charge is 0.418 e. The van der Waals surface area contributed by atoms with Crippen LogP contribution >= 0.6 is 0 Å². The van der Waals surface area contributed by atoms with E-state index >= 15 is 0 Å². The minimum Gasteiger partial charge on any atom is -0.418 e. The van der Waals surface area contributed by atoms with Crippen LogP contribution in [0.1, 0.15) is 5.56 Å². The van der Waals surface area contributed by atoms with Crippen molar-refractivity contribution in [2.24, 2.45) is 0 Å². The molecule has 0 N–H and O–H groups in total. The minimum atomic E-state index is -6.00. The van der Waals surface area contributed by atoms with Crippen molar-refractivity contribution >= 4 is 12.9 Å².